The van der Waals surface area contributed by atoms with Gasteiger partial charge in [-0.1, -0.05) is 30.8 Å². The van der Waals surface area contributed by atoms with Crippen molar-refractivity contribution in [2.45, 2.75) is 49.6 Å². The van der Waals surface area contributed by atoms with Gasteiger partial charge >= 0.3 is 0 Å². The summed E-state index contributed by atoms with van der Waals surface area (Å²) in [7, 11) is 0. The highest BCUT2D eigenvalue weighted by Crippen LogP contribution is 2.31. The Morgan fingerprint density at radius 3 is 2.76 bits per heavy atom. The fourth-order valence-corrected chi connectivity index (χ4v) is 4.93. The Morgan fingerprint density at radius 2 is 2.07 bits per heavy atom. The number of pyridine rings is 1. The molecule has 0 unspecified atom stereocenters. The largest absolute Gasteiger partial charge is 0.337 e. The van der Waals surface area contributed by atoms with E-state index in [4.69, 9.17) is 0 Å². The van der Waals surface area contributed by atoms with Crippen LogP contribution in [0.15, 0.2) is 35.4 Å². The van der Waals surface area contributed by atoms with E-state index in [0.29, 0.717) is 30.5 Å². The van der Waals surface area contributed by atoms with Gasteiger partial charge in [-0.05, 0) is 55.9 Å². The number of hydrogen-bond acceptors (Lipinski definition) is 5. The molecule has 0 spiro atoms. The van der Waals surface area contributed by atoms with Crippen molar-refractivity contribution in [3.8, 4) is 12.1 Å². The maximum Gasteiger partial charge on any atom is 0.231 e. The molecule has 6 nitrogen and oxygen atoms in total. The summed E-state index contributed by atoms with van der Waals surface area (Å²) in [6.07, 6.45) is 4.08. The second-order valence-corrected chi connectivity index (χ2v) is 8.34. The van der Waals surface area contributed by atoms with Crippen LogP contribution in [0.2, 0.25) is 0 Å². The smallest absolute Gasteiger partial charge is 0.231 e. The molecule has 2 aromatic heterocycles. The molecule has 2 heterocycles. The lowest BCUT2D eigenvalue weighted by molar-refractivity contribution is -0.119. The Balaban J connectivity index is 1.69. The van der Waals surface area contributed by atoms with E-state index in [1.54, 1.807) is 0 Å². The van der Waals surface area contributed by atoms with Gasteiger partial charge in [0.15, 0.2) is 5.65 Å². The first-order chi connectivity index (χ1) is 14.1. The number of hydrogen-bond donors (Lipinski definition) is 1. The SMILES string of the molecule is CCc1cc(SCC(=O)NC2(C#N)CCCC2)n2c(nc3ccccc32)c1C#N. The second-order valence-electron chi connectivity index (χ2n) is 7.35. The molecule has 1 aliphatic carbocycles. The molecule has 0 aliphatic heterocycles. The Bertz CT molecular complexity index is 1180. The van der Waals surface area contributed by atoms with Crippen molar-refractivity contribution in [3.63, 3.8) is 0 Å². The molecule has 0 atom stereocenters. The third-order valence-corrected chi connectivity index (χ3v) is 6.52. The van der Waals surface area contributed by atoms with Crippen LogP contribution >= 0.6 is 11.8 Å². The summed E-state index contributed by atoms with van der Waals surface area (Å²) in [5.41, 5.74) is 3.13. The van der Waals surface area contributed by atoms with Gasteiger partial charge in [0.2, 0.25) is 5.91 Å². The highest BCUT2D eigenvalue weighted by molar-refractivity contribution is 7.99. The normalized spacial score (nSPS) is 15.3. The fourth-order valence-electron chi connectivity index (χ4n) is 4.04. The highest BCUT2D eigenvalue weighted by atomic mass is 32.2. The van der Waals surface area contributed by atoms with Gasteiger partial charge in [0.1, 0.15) is 11.6 Å². The van der Waals surface area contributed by atoms with Crippen LogP contribution in [-0.4, -0.2) is 26.6 Å². The van der Waals surface area contributed by atoms with E-state index < -0.39 is 5.54 Å². The van der Waals surface area contributed by atoms with E-state index in [0.717, 1.165) is 34.5 Å². The van der Waals surface area contributed by atoms with Crippen LogP contribution in [0.25, 0.3) is 16.7 Å². The van der Waals surface area contributed by atoms with Crippen molar-refractivity contribution in [1.82, 2.24) is 14.7 Å². The van der Waals surface area contributed by atoms with Crippen molar-refractivity contribution in [1.29, 1.82) is 10.5 Å². The molecule has 0 radical (unpaired) electrons. The number of aryl methyl sites for hydroxylation is 1. The molecule has 1 saturated carbocycles. The van der Waals surface area contributed by atoms with Gasteiger partial charge in [-0.2, -0.15) is 10.5 Å². The third kappa shape index (κ3) is 3.43. The summed E-state index contributed by atoms with van der Waals surface area (Å²) in [6, 6.07) is 14.3. The van der Waals surface area contributed by atoms with E-state index in [-0.39, 0.29) is 11.7 Å². The van der Waals surface area contributed by atoms with Gasteiger partial charge in [-0.3, -0.25) is 9.20 Å². The monoisotopic (exact) mass is 403 g/mol. The molecule has 3 aromatic rings. The zero-order valence-electron chi connectivity index (χ0n) is 16.2. The Labute approximate surface area is 173 Å². The number of para-hydroxylation sites is 2. The molecular formula is C22H21N5OS. The summed E-state index contributed by atoms with van der Waals surface area (Å²) in [5, 5.41) is 23.0. The lowest BCUT2D eigenvalue weighted by Gasteiger charge is -2.22. The summed E-state index contributed by atoms with van der Waals surface area (Å²) >= 11 is 1.41. The molecule has 1 amide bonds. The van der Waals surface area contributed by atoms with Gasteiger partial charge in [0, 0.05) is 0 Å². The van der Waals surface area contributed by atoms with E-state index >= 15 is 0 Å². The number of fused-ring (bicyclic) bond motifs is 3. The van der Waals surface area contributed by atoms with Crippen LogP contribution in [0.4, 0.5) is 0 Å². The number of benzene rings is 1. The molecule has 1 aliphatic rings. The van der Waals surface area contributed by atoms with Gasteiger partial charge in [-0.15, -0.1) is 0 Å². The van der Waals surface area contributed by atoms with Crippen molar-refractivity contribution >= 4 is 34.3 Å². The number of nitrogens with one attached hydrogen (secondary N) is 1. The number of aromatic nitrogens is 2. The summed E-state index contributed by atoms with van der Waals surface area (Å²) in [5.74, 6) is 0.0681. The maximum absolute atomic E-state index is 12.6. The summed E-state index contributed by atoms with van der Waals surface area (Å²) in [6.45, 7) is 2.01. The van der Waals surface area contributed by atoms with Crippen molar-refractivity contribution < 1.29 is 4.79 Å². The van der Waals surface area contributed by atoms with Crippen molar-refractivity contribution in [2.24, 2.45) is 0 Å². The second kappa shape index (κ2) is 7.77. The number of nitriles is 2. The number of rotatable bonds is 5. The van der Waals surface area contributed by atoms with Crippen LogP contribution in [-0.2, 0) is 11.2 Å². The van der Waals surface area contributed by atoms with Crippen molar-refractivity contribution in [3.05, 3.63) is 41.5 Å². The topological polar surface area (TPSA) is 94.0 Å². The van der Waals surface area contributed by atoms with Gasteiger partial charge in [0.05, 0.1) is 33.4 Å². The van der Waals surface area contributed by atoms with Gasteiger partial charge in [-0.25, -0.2) is 4.98 Å². The third-order valence-electron chi connectivity index (χ3n) is 5.52. The standard InChI is InChI=1S/C22H21N5OS/c1-2-15-11-20(29-13-19(28)26-22(14-24)9-5-6-10-22)27-18-8-4-3-7-17(18)25-21(27)16(15)12-23/h3-4,7-8,11H,2,5-6,9-10,13H2,1H3,(H,26,28). The summed E-state index contributed by atoms with van der Waals surface area (Å²) in [4.78, 5) is 17.3. The predicted molar refractivity (Wildman–Crippen MR) is 112 cm³/mol. The number of carbonyl (C=O) groups excluding carboxylic acids is 1. The quantitative estimate of drug-likeness (QED) is 0.651. The lowest BCUT2D eigenvalue weighted by atomic mass is 10.0. The molecule has 1 aromatic carbocycles. The maximum atomic E-state index is 12.6. The molecule has 1 N–H and O–H groups in total. The highest BCUT2D eigenvalue weighted by Gasteiger charge is 2.35. The fraction of sp³-hybridized carbons (Fsp3) is 0.364. The minimum absolute atomic E-state index is 0.140. The molecule has 4 rings (SSSR count). The van der Waals surface area contributed by atoms with Gasteiger partial charge in [0.25, 0.3) is 0 Å². The lowest BCUT2D eigenvalue weighted by Crippen LogP contribution is -2.45. The minimum atomic E-state index is -0.714. The Hall–Kier alpha value is -3.03. The van der Waals surface area contributed by atoms with E-state index in [2.05, 4.69) is 22.4 Å². The molecule has 146 valence electrons. The average molecular weight is 404 g/mol. The van der Waals surface area contributed by atoms with Crippen LogP contribution in [0.5, 0.6) is 0 Å². The molecular weight excluding hydrogens is 382 g/mol. The first kappa shape index (κ1) is 19.3. The number of carbonyl (C=O) groups is 1. The van der Waals surface area contributed by atoms with Crippen molar-refractivity contribution in [2.75, 3.05) is 5.75 Å². The zero-order valence-corrected chi connectivity index (χ0v) is 17.1. The first-order valence-corrected chi connectivity index (χ1v) is 10.8. The molecule has 0 saturated heterocycles. The number of imidazole rings is 1. The van der Waals surface area contributed by atoms with Crippen LogP contribution in [0.1, 0.15) is 43.7 Å². The van der Waals surface area contributed by atoms with E-state index in [1.165, 1.54) is 11.8 Å². The molecule has 1 fully saturated rings. The Morgan fingerprint density at radius 1 is 1.31 bits per heavy atom. The predicted octanol–water partition coefficient (Wildman–Crippen LogP) is 3.97. The number of thioether (sulfide) groups is 1. The van der Waals surface area contributed by atoms with E-state index in [1.807, 2.05) is 41.7 Å². The van der Waals surface area contributed by atoms with Gasteiger partial charge < -0.3 is 5.32 Å². The van der Waals surface area contributed by atoms with Crippen LogP contribution in [0, 0.1) is 22.7 Å². The summed E-state index contributed by atoms with van der Waals surface area (Å²) < 4.78 is 1.96. The average Bonchev–Trinajstić information content (AvgIpc) is 3.36. The number of nitrogens with zero attached hydrogens (tertiary/aromatic N) is 4. The molecule has 0 bridgehead atoms. The molecule has 29 heavy (non-hydrogen) atoms. The van der Waals surface area contributed by atoms with Crippen LogP contribution < -0.4 is 5.32 Å². The first-order valence-electron chi connectivity index (χ1n) is 9.79. The number of amides is 1. The minimum Gasteiger partial charge on any atom is -0.337 e. The van der Waals surface area contributed by atoms with Crippen LogP contribution in [0.3, 0.4) is 0 Å². The molecule has 7 heteroatoms. The zero-order chi connectivity index (χ0) is 20.4. The van der Waals surface area contributed by atoms with E-state index in [9.17, 15) is 15.3 Å². The Kier molecular flexibility index (Phi) is 5.17.